The molecule has 0 unspecified atom stereocenters. The zero-order valence-corrected chi connectivity index (χ0v) is 22.9. The minimum atomic E-state index is -0.383. The molecule has 1 saturated heterocycles. The van der Waals surface area contributed by atoms with Crippen LogP contribution in [0.1, 0.15) is 41.7 Å². The van der Waals surface area contributed by atoms with Crippen LogP contribution < -0.4 is 19.7 Å². The molecular formula is C29H29N5O4S. The molecule has 0 aliphatic carbocycles. The lowest BCUT2D eigenvalue weighted by Gasteiger charge is -2.28. The highest BCUT2D eigenvalue weighted by Gasteiger charge is 2.42. The van der Waals surface area contributed by atoms with E-state index in [1.165, 1.54) is 13.2 Å². The predicted molar refractivity (Wildman–Crippen MR) is 154 cm³/mol. The van der Waals surface area contributed by atoms with Gasteiger partial charge in [-0.3, -0.25) is 15.1 Å². The van der Waals surface area contributed by atoms with Crippen molar-refractivity contribution in [1.82, 2.24) is 14.9 Å². The SMILES string of the molecule is CCOc1ccc(N2C(=S)N[C@H](c3ccccn3)[C@@H]2c2cc(C)n(-c3ccc(OC)cc3[N+](=O)[O-])c2C)cc1. The van der Waals surface area contributed by atoms with Crippen molar-refractivity contribution in [2.24, 2.45) is 0 Å². The van der Waals surface area contributed by atoms with Gasteiger partial charge in [0.1, 0.15) is 17.2 Å². The third-order valence-corrected chi connectivity index (χ3v) is 7.25. The number of methoxy groups -OCH3 is 1. The number of nitro groups is 1. The van der Waals surface area contributed by atoms with Crippen LogP contribution in [0.2, 0.25) is 0 Å². The summed E-state index contributed by atoms with van der Waals surface area (Å²) >= 11 is 5.87. The second-order valence-electron chi connectivity index (χ2n) is 9.20. The van der Waals surface area contributed by atoms with E-state index >= 15 is 0 Å². The van der Waals surface area contributed by atoms with Gasteiger partial charge in [0.2, 0.25) is 0 Å². The summed E-state index contributed by atoms with van der Waals surface area (Å²) < 4.78 is 12.8. The first-order chi connectivity index (χ1) is 18.8. The number of rotatable bonds is 8. The molecule has 1 aliphatic heterocycles. The van der Waals surface area contributed by atoms with Crippen LogP contribution in [-0.2, 0) is 0 Å². The summed E-state index contributed by atoms with van der Waals surface area (Å²) in [7, 11) is 1.49. The Labute approximate surface area is 232 Å². The number of nitro benzene ring substituents is 1. The highest BCUT2D eigenvalue weighted by Crippen LogP contribution is 2.44. The lowest BCUT2D eigenvalue weighted by Crippen LogP contribution is -2.29. The molecule has 1 N–H and O–H groups in total. The molecule has 0 bridgehead atoms. The van der Waals surface area contributed by atoms with Crippen molar-refractivity contribution in [3.8, 4) is 17.2 Å². The van der Waals surface area contributed by atoms with E-state index in [0.717, 1.165) is 34.1 Å². The highest BCUT2D eigenvalue weighted by molar-refractivity contribution is 7.80. The number of aromatic nitrogens is 2. The van der Waals surface area contributed by atoms with Crippen LogP contribution in [0, 0.1) is 24.0 Å². The summed E-state index contributed by atoms with van der Waals surface area (Å²) in [5, 5.41) is 16.1. The van der Waals surface area contributed by atoms with Gasteiger partial charge in [-0.05, 0) is 93.1 Å². The summed E-state index contributed by atoms with van der Waals surface area (Å²) in [6.45, 7) is 6.45. The molecule has 2 aromatic heterocycles. The Morgan fingerprint density at radius 2 is 1.82 bits per heavy atom. The van der Waals surface area contributed by atoms with E-state index in [2.05, 4.69) is 21.3 Å². The molecule has 39 heavy (non-hydrogen) atoms. The lowest BCUT2D eigenvalue weighted by molar-refractivity contribution is -0.384. The number of benzene rings is 2. The molecule has 0 spiro atoms. The van der Waals surface area contributed by atoms with E-state index in [9.17, 15) is 10.1 Å². The molecule has 1 fully saturated rings. The summed E-state index contributed by atoms with van der Waals surface area (Å²) in [5.41, 5.74) is 4.90. The van der Waals surface area contributed by atoms with Gasteiger partial charge in [0, 0.05) is 23.3 Å². The number of nitrogens with zero attached hydrogens (tertiary/aromatic N) is 4. The van der Waals surface area contributed by atoms with Crippen LogP contribution in [0.15, 0.2) is 72.9 Å². The third-order valence-electron chi connectivity index (χ3n) is 6.93. The van der Waals surface area contributed by atoms with Gasteiger partial charge in [-0.15, -0.1) is 0 Å². The largest absolute Gasteiger partial charge is 0.496 e. The zero-order valence-electron chi connectivity index (χ0n) is 22.1. The maximum atomic E-state index is 12.0. The molecule has 0 amide bonds. The summed E-state index contributed by atoms with van der Waals surface area (Å²) in [5.74, 6) is 1.21. The Kier molecular flexibility index (Phi) is 7.21. The van der Waals surface area contributed by atoms with Crippen LogP contribution in [0.5, 0.6) is 11.5 Å². The predicted octanol–water partition coefficient (Wildman–Crippen LogP) is 5.98. The third kappa shape index (κ3) is 4.79. The van der Waals surface area contributed by atoms with E-state index in [1.807, 2.05) is 67.8 Å². The van der Waals surface area contributed by atoms with Gasteiger partial charge in [0.15, 0.2) is 5.11 Å². The summed E-state index contributed by atoms with van der Waals surface area (Å²) in [6, 6.07) is 20.1. The average molecular weight is 544 g/mol. The maximum Gasteiger partial charge on any atom is 0.296 e. The molecule has 4 aromatic rings. The van der Waals surface area contributed by atoms with Gasteiger partial charge in [-0.25, -0.2) is 0 Å². The van der Waals surface area contributed by atoms with Crippen molar-refractivity contribution < 1.29 is 14.4 Å². The quantitative estimate of drug-likeness (QED) is 0.165. The van der Waals surface area contributed by atoms with Crippen LogP contribution in [-0.4, -0.2) is 33.3 Å². The first-order valence-corrected chi connectivity index (χ1v) is 13.0. The Morgan fingerprint density at radius 3 is 2.46 bits per heavy atom. The van der Waals surface area contributed by atoms with E-state index in [-0.39, 0.29) is 22.7 Å². The number of hydrogen-bond donors (Lipinski definition) is 1. The maximum absolute atomic E-state index is 12.0. The second-order valence-corrected chi connectivity index (χ2v) is 9.58. The first kappa shape index (κ1) is 26.2. The molecular weight excluding hydrogens is 514 g/mol. The fourth-order valence-corrected chi connectivity index (χ4v) is 5.59. The van der Waals surface area contributed by atoms with Crippen LogP contribution >= 0.6 is 12.2 Å². The molecule has 5 rings (SSSR count). The van der Waals surface area contributed by atoms with Gasteiger partial charge < -0.3 is 24.3 Å². The van der Waals surface area contributed by atoms with E-state index < -0.39 is 0 Å². The second kappa shape index (κ2) is 10.7. The van der Waals surface area contributed by atoms with Gasteiger partial charge in [-0.2, -0.15) is 0 Å². The normalized spacial score (nSPS) is 16.7. The van der Waals surface area contributed by atoms with E-state index in [4.69, 9.17) is 21.7 Å². The molecule has 0 radical (unpaired) electrons. The fourth-order valence-electron chi connectivity index (χ4n) is 5.24. The van der Waals surface area contributed by atoms with Crippen molar-refractivity contribution in [2.45, 2.75) is 32.9 Å². The first-order valence-electron chi connectivity index (χ1n) is 12.6. The Balaban J connectivity index is 1.67. The lowest BCUT2D eigenvalue weighted by atomic mass is 9.96. The van der Waals surface area contributed by atoms with Crippen molar-refractivity contribution in [2.75, 3.05) is 18.6 Å². The summed E-state index contributed by atoms with van der Waals surface area (Å²) in [4.78, 5) is 18.4. The standard InChI is InChI=1S/C29H29N5O4S/c1-5-38-21-11-9-20(10-12-21)33-28(27(31-29(33)39)24-8-6-7-15-30-24)23-16-18(2)32(19(23)3)25-14-13-22(37-4)17-26(25)34(35)36/h6-17,27-28H,5H2,1-4H3,(H,31,39)/t27-,28+/m1/s1. The van der Waals surface area contributed by atoms with Crippen LogP contribution in [0.25, 0.3) is 5.69 Å². The molecule has 2 aromatic carbocycles. The molecule has 2 atom stereocenters. The minimum Gasteiger partial charge on any atom is -0.496 e. The fraction of sp³-hybridized carbons (Fsp3) is 0.241. The van der Waals surface area contributed by atoms with Gasteiger partial charge in [0.05, 0.1) is 42.5 Å². The van der Waals surface area contributed by atoms with E-state index in [0.29, 0.717) is 23.2 Å². The van der Waals surface area contributed by atoms with Crippen LogP contribution in [0.4, 0.5) is 11.4 Å². The minimum absolute atomic E-state index is 0.0348. The monoisotopic (exact) mass is 543 g/mol. The van der Waals surface area contributed by atoms with Crippen molar-refractivity contribution in [1.29, 1.82) is 0 Å². The number of hydrogen-bond acceptors (Lipinski definition) is 6. The number of thiocarbonyl (C=S) groups is 1. The molecule has 200 valence electrons. The number of aryl methyl sites for hydroxylation is 1. The molecule has 10 heteroatoms. The Bertz CT molecular complexity index is 1520. The molecule has 0 saturated carbocycles. The molecule has 3 heterocycles. The smallest absolute Gasteiger partial charge is 0.296 e. The Morgan fingerprint density at radius 1 is 1.08 bits per heavy atom. The average Bonchev–Trinajstić information content (AvgIpc) is 3.44. The molecule has 9 nitrogen and oxygen atoms in total. The van der Waals surface area contributed by atoms with Crippen molar-refractivity contribution >= 4 is 28.7 Å². The Hall–Kier alpha value is -4.44. The van der Waals surface area contributed by atoms with E-state index in [1.54, 1.807) is 18.3 Å². The zero-order chi connectivity index (χ0) is 27.7. The summed E-state index contributed by atoms with van der Waals surface area (Å²) in [6.07, 6.45) is 1.76. The number of pyridine rings is 1. The number of anilines is 1. The molecule has 1 aliphatic rings. The van der Waals surface area contributed by atoms with Crippen molar-refractivity contribution in [3.63, 3.8) is 0 Å². The van der Waals surface area contributed by atoms with Gasteiger partial charge >= 0.3 is 0 Å². The van der Waals surface area contributed by atoms with Crippen molar-refractivity contribution in [3.05, 3.63) is 106 Å². The topological polar surface area (TPSA) is 94.7 Å². The van der Waals surface area contributed by atoms with Gasteiger partial charge in [-0.1, -0.05) is 6.07 Å². The number of nitrogens with one attached hydrogen (secondary N) is 1. The number of ether oxygens (including phenoxy) is 2. The van der Waals surface area contributed by atoms with Crippen LogP contribution in [0.3, 0.4) is 0 Å². The van der Waals surface area contributed by atoms with Gasteiger partial charge in [0.25, 0.3) is 5.69 Å². The highest BCUT2D eigenvalue weighted by atomic mass is 32.1.